The van der Waals surface area contributed by atoms with Gasteiger partial charge in [0.1, 0.15) is 5.69 Å². The maximum Gasteiger partial charge on any atom is 0.274 e. The molecule has 26 heavy (non-hydrogen) atoms. The predicted octanol–water partition coefficient (Wildman–Crippen LogP) is 3.46. The number of carbonyl (C=O) groups excluding carboxylic acids is 2. The number of nitrogens with zero attached hydrogens (tertiary/aromatic N) is 2. The molecule has 2 aromatic carbocycles. The zero-order chi connectivity index (χ0) is 18.4. The number of nitrogens with one attached hydrogen (secondary N) is 2. The first kappa shape index (κ1) is 16.9. The molecular formula is C20H14N4O2. The molecule has 0 spiro atoms. The minimum atomic E-state index is -0.463. The molecule has 0 aliphatic rings. The second kappa shape index (κ2) is 7.73. The van der Waals surface area contributed by atoms with E-state index in [0.29, 0.717) is 22.5 Å². The highest BCUT2D eigenvalue weighted by Crippen LogP contribution is 2.13. The summed E-state index contributed by atoms with van der Waals surface area (Å²) < 4.78 is 0. The Morgan fingerprint density at radius 3 is 2.35 bits per heavy atom. The third kappa shape index (κ3) is 4.10. The zero-order valence-electron chi connectivity index (χ0n) is 13.6. The van der Waals surface area contributed by atoms with Gasteiger partial charge in [-0.15, -0.1) is 0 Å². The van der Waals surface area contributed by atoms with Gasteiger partial charge >= 0.3 is 0 Å². The quantitative estimate of drug-likeness (QED) is 0.759. The first-order valence-corrected chi connectivity index (χ1v) is 7.80. The molecule has 0 aliphatic carbocycles. The zero-order valence-corrected chi connectivity index (χ0v) is 13.6. The third-order valence-electron chi connectivity index (χ3n) is 3.54. The van der Waals surface area contributed by atoms with Crippen molar-refractivity contribution in [3.8, 4) is 6.07 Å². The molecule has 2 amide bonds. The predicted molar refractivity (Wildman–Crippen MR) is 97.7 cm³/mol. The van der Waals surface area contributed by atoms with Gasteiger partial charge in [-0.1, -0.05) is 24.3 Å². The van der Waals surface area contributed by atoms with Gasteiger partial charge < -0.3 is 10.6 Å². The molecule has 0 unspecified atom stereocenters. The summed E-state index contributed by atoms with van der Waals surface area (Å²) in [4.78, 5) is 28.7. The number of rotatable bonds is 4. The largest absolute Gasteiger partial charge is 0.322 e. The number of benzene rings is 2. The Labute approximate surface area is 150 Å². The van der Waals surface area contributed by atoms with E-state index in [-0.39, 0.29) is 11.6 Å². The summed E-state index contributed by atoms with van der Waals surface area (Å²) in [7, 11) is 0. The van der Waals surface area contributed by atoms with Crippen LogP contribution in [0.3, 0.4) is 0 Å². The van der Waals surface area contributed by atoms with Crippen LogP contribution in [-0.4, -0.2) is 16.8 Å². The molecule has 126 valence electrons. The molecule has 0 fully saturated rings. The van der Waals surface area contributed by atoms with E-state index in [4.69, 9.17) is 5.26 Å². The second-order valence-corrected chi connectivity index (χ2v) is 5.40. The van der Waals surface area contributed by atoms with Gasteiger partial charge in [0, 0.05) is 23.1 Å². The molecule has 2 N–H and O–H groups in total. The highest BCUT2D eigenvalue weighted by Gasteiger charge is 2.12. The lowest BCUT2D eigenvalue weighted by atomic mass is 10.2. The standard InChI is InChI=1S/C20H14N4O2/c21-13-14-5-4-8-17(11-14)24-20(26)18-12-15(9-10-22-18)19(25)23-16-6-2-1-3-7-16/h1-12H,(H,23,25)(H,24,26). The fourth-order valence-electron chi connectivity index (χ4n) is 2.28. The SMILES string of the molecule is N#Cc1cccc(NC(=O)c2cc(C(=O)Nc3ccccc3)ccn2)c1. The van der Waals surface area contributed by atoms with E-state index in [1.54, 1.807) is 36.4 Å². The van der Waals surface area contributed by atoms with Gasteiger partial charge in [-0.2, -0.15) is 5.26 Å². The van der Waals surface area contributed by atoms with E-state index >= 15 is 0 Å². The molecule has 0 saturated carbocycles. The van der Waals surface area contributed by atoms with Crippen molar-refractivity contribution < 1.29 is 9.59 Å². The van der Waals surface area contributed by atoms with Crippen LogP contribution in [0.1, 0.15) is 26.4 Å². The summed E-state index contributed by atoms with van der Waals surface area (Å²) in [5, 5.41) is 14.3. The minimum Gasteiger partial charge on any atom is -0.322 e. The number of aromatic nitrogens is 1. The highest BCUT2D eigenvalue weighted by atomic mass is 16.2. The van der Waals surface area contributed by atoms with E-state index in [0.717, 1.165) is 0 Å². The maximum atomic E-state index is 12.4. The van der Waals surface area contributed by atoms with E-state index in [1.807, 2.05) is 24.3 Å². The lowest BCUT2D eigenvalue weighted by molar-refractivity contribution is 0.102. The van der Waals surface area contributed by atoms with E-state index < -0.39 is 5.91 Å². The van der Waals surface area contributed by atoms with Crippen LogP contribution in [0, 0.1) is 11.3 Å². The molecule has 0 aliphatic heterocycles. The molecular weight excluding hydrogens is 328 g/mol. The molecule has 1 aromatic heterocycles. The van der Waals surface area contributed by atoms with Crippen molar-refractivity contribution in [1.82, 2.24) is 4.98 Å². The van der Waals surface area contributed by atoms with Crippen LogP contribution in [0.5, 0.6) is 0 Å². The number of hydrogen-bond donors (Lipinski definition) is 2. The summed E-state index contributed by atoms with van der Waals surface area (Å²) >= 11 is 0. The van der Waals surface area contributed by atoms with Crippen LogP contribution < -0.4 is 10.6 Å². The Morgan fingerprint density at radius 1 is 0.846 bits per heavy atom. The Balaban J connectivity index is 1.75. The fraction of sp³-hybridized carbons (Fsp3) is 0. The maximum absolute atomic E-state index is 12.4. The fourth-order valence-corrected chi connectivity index (χ4v) is 2.28. The van der Waals surface area contributed by atoms with Gasteiger partial charge in [-0.05, 0) is 42.5 Å². The molecule has 6 heteroatoms. The van der Waals surface area contributed by atoms with Gasteiger partial charge in [-0.25, -0.2) is 0 Å². The van der Waals surface area contributed by atoms with Crippen molar-refractivity contribution in [2.24, 2.45) is 0 Å². The summed E-state index contributed by atoms with van der Waals surface area (Å²) in [5.74, 6) is -0.798. The smallest absolute Gasteiger partial charge is 0.274 e. The van der Waals surface area contributed by atoms with Crippen LogP contribution >= 0.6 is 0 Å². The molecule has 3 rings (SSSR count). The first-order chi connectivity index (χ1) is 12.7. The van der Waals surface area contributed by atoms with Gasteiger partial charge in [0.05, 0.1) is 11.6 Å². The molecule has 0 atom stereocenters. The van der Waals surface area contributed by atoms with Crippen LogP contribution in [-0.2, 0) is 0 Å². The molecule has 0 bridgehead atoms. The summed E-state index contributed by atoms with van der Waals surface area (Å²) in [5.41, 5.74) is 2.00. The molecule has 3 aromatic rings. The Bertz CT molecular complexity index is 994. The van der Waals surface area contributed by atoms with Crippen LogP contribution in [0.25, 0.3) is 0 Å². The number of anilines is 2. The lowest BCUT2D eigenvalue weighted by Crippen LogP contribution is -2.17. The van der Waals surface area contributed by atoms with Crippen LogP contribution in [0.2, 0.25) is 0 Å². The number of para-hydroxylation sites is 1. The van der Waals surface area contributed by atoms with Gasteiger partial charge in [0.25, 0.3) is 11.8 Å². The van der Waals surface area contributed by atoms with Crippen molar-refractivity contribution in [1.29, 1.82) is 5.26 Å². The highest BCUT2D eigenvalue weighted by molar-refractivity contribution is 6.07. The van der Waals surface area contributed by atoms with Gasteiger partial charge in [-0.3, -0.25) is 14.6 Å². The van der Waals surface area contributed by atoms with Gasteiger partial charge in [0.2, 0.25) is 0 Å². The van der Waals surface area contributed by atoms with Crippen molar-refractivity contribution in [3.63, 3.8) is 0 Å². The number of hydrogen-bond acceptors (Lipinski definition) is 4. The van der Waals surface area contributed by atoms with Crippen molar-refractivity contribution in [2.45, 2.75) is 0 Å². The monoisotopic (exact) mass is 342 g/mol. The van der Waals surface area contributed by atoms with Crippen LogP contribution in [0.4, 0.5) is 11.4 Å². The van der Waals surface area contributed by atoms with E-state index in [1.165, 1.54) is 18.3 Å². The Kier molecular flexibility index (Phi) is 5.01. The Hall–Kier alpha value is -3.98. The van der Waals surface area contributed by atoms with Crippen molar-refractivity contribution in [2.75, 3.05) is 10.6 Å². The summed E-state index contributed by atoms with van der Waals surface area (Å²) in [6.45, 7) is 0. The second-order valence-electron chi connectivity index (χ2n) is 5.40. The molecule has 6 nitrogen and oxygen atoms in total. The lowest BCUT2D eigenvalue weighted by Gasteiger charge is -2.07. The molecule has 0 saturated heterocycles. The average Bonchev–Trinajstić information content (AvgIpc) is 2.69. The molecule has 0 radical (unpaired) electrons. The summed E-state index contributed by atoms with van der Waals surface area (Å²) in [6, 6.07) is 20.5. The summed E-state index contributed by atoms with van der Waals surface area (Å²) in [6.07, 6.45) is 1.40. The number of nitriles is 1. The number of pyridine rings is 1. The topological polar surface area (TPSA) is 94.9 Å². The van der Waals surface area contributed by atoms with Crippen LogP contribution in [0.15, 0.2) is 72.9 Å². The van der Waals surface area contributed by atoms with Gasteiger partial charge in [0.15, 0.2) is 0 Å². The van der Waals surface area contributed by atoms with E-state index in [9.17, 15) is 9.59 Å². The third-order valence-corrected chi connectivity index (χ3v) is 3.54. The Morgan fingerprint density at radius 2 is 1.58 bits per heavy atom. The number of carbonyl (C=O) groups is 2. The first-order valence-electron chi connectivity index (χ1n) is 7.80. The van der Waals surface area contributed by atoms with E-state index in [2.05, 4.69) is 15.6 Å². The van der Waals surface area contributed by atoms with Crippen molar-refractivity contribution >= 4 is 23.2 Å². The number of amides is 2. The minimum absolute atomic E-state index is 0.105. The van der Waals surface area contributed by atoms with Crippen molar-refractivity contribution in [3.05, 3.63) is 89.7 Å². The molecule has 1 heterocycles. The average molecular weight is 342 g/mol. The normalized spacial score (nSPS) is 9.81.